The quantitative estimate of drug-likeness (QED) is 0.781. The van der Waals surface area contributed by atoms with Crippen LogP contribution in [0.2, 0.25) is 0 Å². The molecule has 0 saturated carbocycles. The highest BCUT2D eigenvalue weighted by Crippen LogP contribution is 2.11. The van der Waals surface area contributed by atoms with Gasteiger partial charge in [0.05, 0.1) is 6.54 Å². The molecule has 2 heteroatoms. The summed E-state index contributed by atoms with van der Waals surface area (Å²) in [4.78, 5) is 2.29. The van der Waals surface area contributed by atoms with Crippen molar-refractivity contribution in [1.82, 2.24) is 4.90 Å². The molecular weight excluding hydrogens is 196 g/mol. The predicted molar refractivity (Wildman–Crippen MR) is 69.0 cm³/mol. The topological polar surface area (TPSA) is 29.3 Å². The van der Waals surface area contributed by atoms with Gasteiger partial charge in [0.25, 0.3) is 0 Å². The maximum atomic E-state index is 5.39. The van der Waals surface area contributed by atoms with E-state index in [1.807, 2.05) is 12.1 Å². The molecule has 0 aliphatic rings. The SMILES string of the molecule is CC(C)N(C)Cc1ccccc1C#CCN. The minimum Gasteiger partial charge on any atom is -0.320 e. The molecule has 0 amide bonds. The monoisotopic (exact) mass is 216 g/mol. The van der Waals surface area contributed by atoms with Crippen molar-refractivity contribution < 1.29 is 0 Å². The Labute approximate surface area is 98.4 Å². The second-order valence-corrected chi connectivity index (χ2v) is 4.17. The van der Waals surface area contributed by atoms with E-state index in [0.717, 1.165) is 12.1 Å². The van der Waals surface area contributed by atoms with Crippen LogP contribution >= 0.6 is 0 Å². The van der Waals surface area contributed by atoms with Crippen LogP contribution in [-0.4, -0.2) is 24.5 Å². The van der Waals surface area contributed by atoms with Gasteiger partial charge in [0, 0.05) is 18.2 Å². The van der Waals surface area contributed by atoms with Gasteiger partial charge >= 0.3 is 0 Å². The minimum atomic E-state index is 0.411. The number of hydrogen-bond donors (Lipinski definition) is 1. The van der Waals surface area contributed by atoms with Gasteiger partial charge < -0.3 is 5.73 Å². The van der Waals surface area contributed by atoms with Crippen molar-refractivity contribution in [1.29, 1.82) is 0 Å². The zero-order valence-corrected chi connectivity index (χ0v) is 10.3. The Kier molecular flexibility index (Phi) is 5.04. The average Bonchev–Trinajstić information content (AvgIpc) is 2.27. The lowest BCUT2D eigenvalue weighted by atomic mass is 10.1. The second-order valence-electron chi connectivity index (χ2n) is 4.17. The fourth-order valence-electron chi connectivity index (χ4n) is 1.38. The molecule has 16 heavy (non-hydrogen) atoms. The summed E-state index contributed by atoms with van der Waals surface area (Å²) in [7, 11) is 2.12. The fraction of sp³-hybridized carbons (Fsp3) is 0.429. The van der Waals surface area contributed by atoms with Crippen molar-refractivity contribution in [2.24, 2.45) is 5.73 Å². The first kappa shape index (κ1) is 12.8. The molecule has 0 saturated heterocycles. The number of benzene rings is 1. The van der Waals surface area contributed by atoms with Crippen LogP contribution in [0.25, 0.3) is 0 Å². The lowest BCUT2D eigenvalue weighted by Crippen LogP contribution is -2.25. The highest BCUT2D eigenvalue weighted by atomic mass is 15.1. The minimum absolute atomic E-state index is 0.411. The van der Waals surface area contributed by atoms with Crippen LogP contribution in [-0.2, 0) is 6.54 Å². The summed E-state index contributed by atoms with van der Waals surface area (Å²) in [6.45, 7) is 5.71. The third-order valence-corrected chi connectivity index (χ3v) is 2.64. The van der Waals surface area contributed by atoms with Gasteiger partial charge in [0.15, 0.2) is 0 Å². The molecule has 0 aliphatic carbocycles. The summed E-state index contributed by atoms with van der Waals surface area (Å²) >= 11 is 0. The zero-order chi connectivity index (χ0) is 12.0. The third-order valence-electron chi connectivity index (χ3n) is 2.64. The average molecular weight is 216 g/mol. The molecule has 0 radical (unpaired) electrons. The van der Waals surface area contributed by atoms with Gasteiger partial charge in [0.1, 0.15) is 0 Å². The first-order valence-corrected chi connectivity index (χ1v) is 5.62. The highest BCUT2D eigenvalue weighted by Gasteiger charge is 2.06. The Morgan fingerprint density at radius 1 is 1.31 bits per heavy atom. The third kappa shape index (κ3) is 3.69. The van der Waals surface area contributed by atoms with Gasteiger partial charge in [-0.1, -0.05) is 30.0 Å². The molecule has 0 atom stereocenters. The summed E-state index contributed by atoms with van der Waals surface area (Å²) in [6.07, 6.45) is 0. The molecule has 0 spiro atoms. The van der Waals surface area contributed by atoms with E-state index >= 15 is 0 Å². The molecule has 1 aromatic carbocycles. The van der Waals surface area contributed by atoms with Crippen LogP contribution in [0.5, 0.6) is 0 Å². The molecule has 0 heterocycles. The fourth-order valence-corrected chi connectivity index (χ4v) is 1.38. The Balaban J connectivity index is 2.86. The molecule has 0 fully saturated rings. The molecule has 2 nitrogen and oxygen atoms in total. The summed E-state index contributed by atoms with van der Waals surface area (Å²) in [6, 6.07) is 8.78. The molecule has 86 valence electrons. The Morgan fingerprint density at radius 3 is 2.62 bits per heavy atom. The number of hydrogen-bond acceptors (Lipinski definition) is 2. The summed E-state index contributed by atoms with van der Waals surface area (Å²) in [5, 5.41) is 0. The summed E-state index contributed by atoms with van der Waals surface area (Å²) < 4.78 is 0. The maximum Gasteiger partial charge on any atom is 0.0555 e. The van der Waals surface area contributed by atoms with Crippen molar-refractivity contribution >= 4 is 0 Å². The highest BCUT2D eigenvalue weighted by molar-refractivity contribution is 5.41. The van der Waals surface area contributed by atoms with Crippen LogP contribution in [0.3, 0.4) is 0 Å². The molecular formula is C14H20N2. The lowest BCUT2D eigenvalue weighted by Gasteiger charge is -2.21. The predicted octanol–water partition coefficient (Wildman–Crippen LogP) is 1.84. The van der Waals surface area contributed by atoms with Gasteiger partial charge in [-0.25, -0.2) is 0 Å². The Morgan fingerprint density at radius 2 is 2.00 bits per heavy atom. The van der Waals surface area contributed by atoms with E-state index < -0.39 is 0 Å². The standard InChI is InChI=1S/C14H20N2/c1-12(2)16(3)11-14-8-5-4-7-13(14)9-6-10-15/h4-5,7-8,12H,10-11,15H2,1-3H3. The van der Waals surface area contributed by atoms with Gasteiger partial charge in [-0.15, -0.1) is 0 Å². The molecule has 1 aromatic rings. The van der Waals surface area contributed by atoms with Crippen molar-refractivity contribution in [3.63, 3.8) is 0 Å². The van der Waals surface area contributed by atoms with Crippen LogP contribution in [0.1, 0.15) is 25.0 Å². The summed E-state index contributed by atoms with van der Waals surface area (Å²) in [5.41, 5.74) is 7.74. The van der Waals surface area contributed by atoms with E-state index in [0.29, 0.717) is 12.6 Å². The van der Waals surface area contributed by atoms with E-state index in [1.165, 1.54) is 5.56 Å². The van der Waals surface area contributed by atoms with Crippen molar-refractivity contribution in [2.75, 3.05) is 13.6 Å². The van der Waals surface area contributed by atoms with E-state index in [2.05, 4.69) is 49.8 Å². The largest absolute Gasteiger partial charge is 0.320 e. The number of nitrogens with two attached hydrogens (primary N) is 1. The van der Waals surface area contributed by atoms with Crippen molar-refractivity contribution in [3.05, 3.63) is 35.4 Å². The van der Waals surface area contributed by atoms with Crippen molar-refractivity contribution in [2.45, 2.75) is 26.4 Å². The Hall–Kier alpha value is -1.30. The molecule has 0 bridgehead atoms. The summed E-state index contributed by atoms with van der Waals surface area (Å²) in [5.74, 6) is 6.02. The van der Waals surface area contributed by atoms with Gasteiger partial charge in [-0.2, -0.15) is 0 Å². The van der Waals surface area contributed by atoms with Crippen LogP contribution in [0, 0.1) is 11.8 Å². The number of nitrogens with zero attached hydrogens (tertiary/aromatic N) is 1. The second kappa shape index (κ2) is 6.32. The molecule has 0 unspecified atom stereocenters. The van der Waals surface area contributed by atoms with Gasteiger partial charge in [-0.3, -0.25) is 4.90 Å². The maximum absolute atomic E-state index is 5.39. The van der Waals surface area contributed by atoms with Crippen LogP contribution in [0.4, 0.5) is 0 Å². The molecule has 0 aromatic heterocycles. The van der Waals surface area contributed by atoms with E-state index in [-0.39, 0.29) is 0 Å². The van der Waals surface area contributed by atoms with E-state index in [1.54, 1.807) is 0 Å². The van der Waals surface area contributed by atoms with Gasteiger partial charge in [-0.05, 0) is 32.5 Å². The molecule has 1 rings (SSSR count). The van der Waals surface area contributed by atoms with Gasteiger partial charge in [0.2, 0.25) is 0 Å². The normalized spacial score (nSPS) is 10.4. The van der Waals surface area contributed by atoms with E-state index in [4.69, 9.17) is 5.73 Å². The van der Waals surface area contributed by atoms with Crippen molar-refractivity contribution in [3.8, 4) is 11.8 Å². The zero-order valence-electron chi connectivity index (χ0n) is 10.3. The molecule has 0 aliphatic heterocycles. The molecule has 2 N–H and O–H groups in total. The first-order valence-electron chi connectivity index (χ1n) is 5.62. The number of rotatable bonds is 3. The Bertz CT molecular complexity index is 385. The van der Waals surface area contributed by atoms with Crippen LogP contribution < -0.4 is 5.73 Å². The smallest absolute Gasteiger partial charge is 0.0555 e. The van der Waals surface area contributed by atoms with Crippen LogP contribution in [0.15, 0.2) is 24.3 Å². The van der Waals surface area contributed by atoms with E-state index in [9.17, 15) is 0 Å². The lowest BCUT2D eigenvalue weighted by molar-refractivity contribution is 0.265. The first-order chi connectivity index (χ1) is 7.65.